The van der Waals surface area contributed by atoms with Gasteiger partial charge in [0.05, 0.1) is 0 Å². The van der Waals surface area contributed by atoms with Gasteiger partial charge in [0.15, 0.2) is 0 Å². The highest BCUT2D eigenvalue weighted by Crippen LogP contribution is 2.11. The van der Waals surface area contributed by atoms with Gasteiger partial charge in [-0.2, -0.15) is 0 Å². The van der Waals surface area contributed by atoms with Crippen molar-refractivity contribution in [1.29, 1.82) is 0 Å². The standard InChI is InChI=1S/C10H14N2/c1-8(2)10-5-3-9(4-6-10)7-12-11/h3-6,12H,1,7,11H2,2H3. The van der Waals surface area contributed by atoms with Crippen LogP contribution in [0, 0.1) is 0 Å². The number of allylic oxidation sites excluding steroid dienone is 1. The molecule has 0 bridgehead atoms. The van der Waals surface area contributed by atoms with Crippen molar-refractivity contribution in [2.24, 2.45) is 5.84 Å². The lowest BCUT2D eigenvalue weighted by molar-refractivity contribution is 0.741. The molecule has 1 aromatic rings. The Hall–Kier alpha value is -1.12. The number of nitrogens with two attached hydrogens (primary N) is 1. The molecular weight excluding hydrogens is 148 g/mol. The number of rotatable bonds is 3. The minimum atomic E-state index is 0.705. The van der Waals surface area contributed by atoms with Gasteiger partial charge in [-0.1, -0.05) is 36.4 Å². The summed E-state index contributed by atoms with van der Waals surface area (Å²) in [6, 6.07) is 8.19. The fourth-order valence-corrected chi connectivity index (χ4v) is 1.02. The predicted octanol–water partition coefficient (Wildman–Crippen LogP) is 1.68. The molecule has 0 aliphatic carbocycles. The maximum absolute atomic E-state index is 5.19. The maximum atomic E-state index is 5.19. The Morgan fingerprint density at radius 1 is 1.42 bits per heavy atom. The molecular formula is C10H14N2. The molecule has 0 aliphatic rings. The highest BCUT2D eigenvalue weighted by atomic mass is 15.2. The van der Waals surface area contributed by atoms with E-state index in [2.05, 4.69) is 24.1 Å². The first-order valence-electron chi connectivity index (χ1n) is 3.92. The molecule has 3 N–H and O–H groups in total. The first kappa shape index (κ1) is 8.97. The van der Waals surface area contributed by atoms with Crippen LogP contribution in [0.2, 0.25) is 0 Å². The summed E-state index contributed by atoms with van der Waals surface area (Å²) in [5.74, 6) is 5.19. The second-order valence-electron chi connectivity index (χ2n) is 2.86. The van der Waals surface area contributed by atoms with Crippen LogP contribution >= 0.6 is 0 Å². The van der Waals surface area contributed by atoms with Gasteiger partial charge in [-0.25, -0.2) is 0 Å². The van der Waals surface area contributed by atoms with Crippen molar-refractivity contribution in [3.63, 3.8) is 0 Å². The van der Waals surface area contributed by atoms with E-state index in [0.29, 0.717) is 6.54 Å². The van der Waals surface area contributed by atoms with Gasteiger partial charge in [0.1, 0.15) is 0 Å². The Balaban J connectivity index is 2.78. The molecule has 1 aromatic carbocycles. The average molecular weight is 162 g/mol. The Kier molecular flexibility index (Phi) is 3.02. The third kappa shape index (κ3) is 2.19. The summed E-state index contributed by atoms with van der Waals surface area (Å²) in [4.78, 5) is 0. The Morgan fingerprint density at radius 2 is 2.00 bits per heavy atom. The van der Waals surface area contributed by atoms with Crippen LogP contribution in [0.4, 0.5) is 0 Å². The molecule has 1 rings (SSSR count). The zero-order valence-electron chi connectivity index (χ0n) is 7.30. The highest BCUT2D eigenvalue weighted by Gasteiger charge is 1.93. The zero-order chi connectivity index (χ0) is 8.97. The maximum Gasteiger partial charge on any atom is 0.0348 e. The molecule has 0 aromatic heterocycles. The van der Waals surface area contributed by atoms with Gasteiger partial charge in [0.2, 0.25) is 0 Å². The lowest BCUT2D eigenvalue weighted by Gasteiger charge is -2.02. The van der Waals surface area contributed by atoms with Gasteiger partial charge in [-0.3, -0.25) is 11.3 Å². The van der Waals surface area contributed by atoms with Gasteiger partial charge in [-0.15, -0.1) is 0 Å². The predicted molar refractivity (Wildman–Crippen MR) is 52.2 cm³/mol. The molecule has 0 atom stereocenters. The topological polar surface area (TPSA) is 38.0 Å². The fourth-order valence-electron chi connectivity index (χ4n) is 1.02. The lowest BCUT2D eigenvalue weighted by Crippen LogP contribution is -2.20. The van der Waals surface area contributed by atoms with Gasteiger partial charge >= 0.3 is 0 Å². The summed E-state index contributed by atoms with van der Waals surface area (Å²) in [7, 11) is 0. The van der Waals surface area contributed by atoms with Crippen LogP contribution in [-0.2, 0) is 6.54 Å². The third-order valence-electron chi connectivity index (χ3n) is 1.75. The molecule has 0 unspecified atom stereocenters. The summed E-state index contributed by atoms with van der Waals surface area (Å²) >= 11 is 0. The first-order valence-corrected chi connectivity index (χ1v) is 3.92. The third-order valence-corrected chi connectivity index (χ3v) is 1.75. The largest absolute Gasteiger partial charge is 0.271 e. The molecule has 0 heterocycles. The zero-order valence-corrected chi connectivity index (χ0v) is 7.30. The number of hydrogen-bond acceptors (Lipinski definition) is 2. The molecule has 12 heavy (non-hydrogen) atoms. The molecule has 64 valence electrons. The van der Waals surface area contributed by atoms with E-state index < -0.39 is 0 Å². The van der Waals surface area contributed by atoms with Gasteiger partial charge in [0, 0.05) is 6.54 Å². The smallest absolute Gasteiger partial charge is 0.0348 e. The summed E-state index contributed by atoms with van der Waals surface area (Å²) in [6.45, 7) is 6.56. The molecule has 2 heteroatoms. The summed E-state index contributed by atoms with van der Waals surface area (Å²) < 4.78 is 0. The summed E-state index contributed by atoms with van der Waals surface area (Å²) in [5.41, 5.74) is 6.06. The van der Waals surface area contributed by atoms with Crippen LogP contribution in [0.5, 0.6) is 0 Å². The number of hydrogen-bond donors (Lipinski definition) is 2. The van der Waals surface area contributed by atoms with Crippen molar-refractivity contribution >= 4 is 5.57 Å². The second kappa shape index (κ2) is 4.04. The van der Waals surface area contributed by atoms with E-state index in [1.165, 1.54) is 11.1 Å². The van der Waals surface area contributed by atoms with Crippen LogP contribution in [-0.4, -0.2) is 0 Å². The molecule has 0 radical (unpaired) electrons. The van der Waals surface area contributed by atoms with Crippen LogP contribution in [0.15, 0.2) is 30.8 Å². The SMILES string of the molecule is C=C(C)c1ccc(CNN)cc1. The molecule has 0 amide bonds. The fraction of sp³-hybridized carbons (Fsp3) is 0.200. The van der Waals surface area contributed by atoms with Crippen LogP contribution < -0.4 is 11.3 Å². The normalized spacial score (nSPS) is 9.83. The number of nitrogens with one attached hydrogen (secondary N) is 1. The van der Waals surface area contributed by atoms with Crippen molar-refractivity contribution < 1.29 is 0 Å². The van der Waals surface area contributed by atoms with Crippen LogP contribution in [0.1, 0.15) is 18.1 Å². The van der Waals surface area contributed by atoms with E-state index in [1.54, 1.807) is 0 Å². The lowest BCUT2D eigenvalue weighted by atomic mass is 10.1. The molecule has 0 saturated heterocycles. The number of hydrazine groups is 1. The minimum Gasteiger partial charge on any atom is -0.271 e. The number of benzene rings is 1. The van der Waals surface area contributed by atoms with Crippen molar-refractivity contribution in [3.05, 3.63) is 42.0 Å². The van der Waals surface area contributed by atoms with Crippen molar-refractivity contribution in [1.82, 2.24) is 5.43 Å². The van der Waals surface area contributed by atoms with E-state index in [-0.39, 0.29) is 0 Å². The minimum absolute atomic E-state index is 0.705. The highest BCUT2D eigenvalue weighted by molar-refractivity contribution is 5.61. The summed E-state index contributed by atoms with van der Waals surface area (Å²) in [5, 5.41) is 0. The van der Waals surface area contributed by atoms with Gasteiger partial charge in [0.25, 0.3) is 0 Å². The molecule has 0 saturated carbocycles. The molecule has 0 aliphatic heterocycles. The molecule has 0 fully saturated rings. The van der Waals surface area contributed by atoms with E-state index in [1.807, 2.05) is 19.1 Å². The van der Waals surface area contributed by atoms with Crippen LogP contribution in [0.25, 0.3) is 5.57 Å². The van der Waals surface area contributed by atoms with Crippen molar-refractivity contribution in [3.8, 4) is 0 Å². The van der Waals surface area contributed by atoms with E-state index in [0.717, 1.165) is 5.57 Å². The van der Waals surface area contributed by atoms with Gasteiger partial charge < -0.3 is 0 Å². The van der Waals surface area contributed by atoms with Gasteiger partial charge in [-0.05, 0) is 18.1 Å². The van der Waals surface area contributed by atoms with E-state index in [9.17, 15) is 0 Å². The Labute approximate surface area is 73.1 Å². The van der Waals surface area contributed by atoms with E-state index in [4.69, 9.17) is 5.84 Å². The van der Waals surface area contributed by atoms with Crippen molar-refractivity contribution in [2.45, 2.75) is 13.5 Å². The monoisotopic (exact) mass is 162 g/mol. The Bertz CT molecular complexity index is 262. The molecule has 2 nitrogen and oxygen atoms in total. The molecule has 0 spiro atoms. The first-order chi connectivity index (χ1) is 5.74. The van der Waals surface area contributed by atoms with Crippen LogP contribution in [0.3, 0.4) is 0 Å². The summed E-state index contributed by atoms with van der Waals surface area (Å²) in [6.07, 6.45) is 0. The Morgan fingerprint density at radius 3 is 2.42 bits per heavy atom. The van der Waals surface area contributed by atoms with E-state index >= 15 is 0 Å². The second-order valence-corrected chi connectivity index (χ2v) is 2.86. The van der Waals surface area contributed by atoms with Crippen molar-refractivity contribution in [2.75, 3.05) is 0 Å². The quantitative estimate of drug-likeness (QED) is 0.524. The average Bonchev–Trinajstić information content (AvgIpc) is 2.06.